The maximum Gasteiger partial charge on any atom is 0.150 e. The average Bonchev–Trinajstić information content (AvgIpc) is 2.81. The van der Waals surface area contributed by atoms with Crippen LogP contribution < -0.4 is 5.32 Å². The van der Waals surface area contributed by atoms with Crippen LogP contribution in [0.3, 0.4) is 0 Å². The summed E-state index contributed by atoms with van der Waals surface area (Å²) < 4.78 is 2.16. The first-order valence-corrected chi connectivity index (χ1v) is 7.33. The molecule has 0 amide bonds. The van der Waals surface area contributed by atoms with Gasteiger partial charge in [0.15, 0.2) is 5.82 Å². The molecule has 0 fully saturated rings. The van der Waals surface area contributed by atoms with E-state index in [0.717, 1.165) is 30.9 Å². The second-order valence-electron chi connectivity index (χ2n) is 4.76. The van der Waals surface area contributed by atoms with Gasteiger partial charge in [-0.25, -0.2) is 9.67 Å². The first-order chi connectivity index (χ1) is 8.71. The monoisotopic (exact) mass is 252 g/mol. The lowest BCUT2D eigenvalue weighted by Crippen LogP contribution is -2.36. The van der Waals surface area contributed by atoms with Gasteiger partial charge in [-0.3, -0.25) is 0 Å². The lowest BCUT2D eigenvalue weighted by molar-refractivity contribution is 0.306. The van der Waals surface area contributed by atoms with Crippen LogP contribution in [0.2, 0.25) is 0 Å². The summed E-state index contributed by atoms with van der Waals surface area (Å²) in [6, 6.07) is 0.898. The smallest absolute Gasteiger partial charge is 0.150 e. The Morgan fingerprint density at radius 1 is 1.17 bits per heavy atom. The SMILES string of the molecule is CCCC(NC)C(CC)n1nc(CC)nc1CC. The van der Waals surface area contributed by atoms with Crippen LogP contribution in [0, 0.1) is 0 Å². The summed E-state index contributed by atoms with van der Waals surface area (Å²) in [6.07, 6.45) is 5.32. The first-order valence-electron chi connectivity index (χ1n) is 7.33. The lowest BCUT2D eigenvalue weighted by atomic mass is 10.0. The third kappa shape index (κ3) is 3.31. The van der Waals surface area contributed by atoms with Crippen molar-refractivity contribution in [1.29, 1.82) is 0 Å². The van der Waals surface area contributed by atoms with Gasteiger partial charge in [0.25, 0.3) is 0 Å². The molecule has 18 heavy (non-hydrogen) atoms. The molecule has 0 aromatic carbocycles. The van der Waals surface area contributed by atoms with Gasteiger partial charge >= 0.3 is 0 Å². The molecule has 1 aromatic rings. The number of nitrogens with zero attached hydrogens (tertiary/aromatic N) is 3. The Morgan fingerprint density at radius 2 is 1.89 bits per heavy atom. The average molecular weight is 252 g/mol. The molecule has 2 atom stereocenters. The molecule has 0 radical (unpaired) electrons. The van der Waals surface area contributed by atoms with Gasteiger partial charge in [-0.15, -0.1) is 0 Å². The molecule has 2 unspecified atom stereocenters. The molecule has 104 valence electrons. The molecule has 0 bridgehead atoms. The second-order valence-corrected chi connectivity index (χ2v) is 4.76. The summed E-state index contributed by atoms with van der Waals surface area (Å²) in [5.74, 6) is 2.09. The molecular weight excluding hydrogens is 224 g/mol. The third-order valence-corrected chi connectivity index (χ3v) is 3.55. The molecule has 0 aliphatic carbocycles. The van der Waals surface area contributed by atoms with Crippen LogP contribution >= 0.6 is 0 Å². The molecule has 0 saturated carbocycles. The fourth-order valence-electron chi connectivity index (χ4n) is 2.53. The van der Waals surface area contributed by atoms with Gasteiger partial charge in [-0.1, -0.05) is 34.1 Å². The largest absolute Gasteiger partial charge is 0.315 e. The van der Waals surface area contributed by atoms with Crippen molar-refractivity contribution in [3.63, 3.8) is 0 Å². The van der Waals surface area contributed by atoms with Gasteiger partial charge in [-0.2, -0.15) is 5.10 Å². The van der Waals surface area contributed by atoms with Crippen molar-refractivity contribution in [2.75, 3.05) is 7.05 Å². The minimum absolute atomic E-state index is 0.415. The Bertz CT molecular complexity index is 346. The molecule has 4 heteroatoms. The minimum Gasteiger partial charge on any atom is -0.315 e. The number of aryl methyl sites for hydroxylation is 2. The van der Waals surface area contributed by atoms with E-state index in [1.807, 2.05) is 7.05 Å². The molecule has 1 N–H and O–H groups in total. The van der Waals surface area contributed by atoms with E-state index in [2.05, 4.69) is 47.8 Å². The fourth-order valence-corrected chi connectivity index (χ4v) is 2.53. The fraction of sp³-hybridized carbons (Fsp3) is 0.857. The number of aromatic nitrogens is 3. The Hall–Kier alpha value is -0.900. The molecule has 0 spiro atoms. The van der Waals surface area contributed by atoms with Crippen LogP contribution in [0.15, 0.2) is 0 Å². The number of rotatable bonds is 8. The zero-order valence-corrected chi connectivity index (χ0v) is 12.5. The Balaban J connectivity index is 3.02. The van der Waals surface area contributed by atoms with Gasteiger partial charge in [0.05, 0.1) is 6.04 Å². The molecule has 0 saturated heterocycles. The van der Waals surface area contributed by atoms with Crippen molar-refractivity contribution < 1.29 is 0 Å². The number of nitrogens with one attached hydrogen (secondary N) is 1. The highest BCUT2D eigenvalue weighted by Gasteiger charge is 2.23. The van der Waals surface area contributed by atoms with Gasteiger partial charge in [0, 0.05) is 18.9 Å². The molecule has 1 heterocycles. The van der Waals surface area contributed by atoms with E-state index in [9.17, 15) is 0 Å². The number of likely N-dealkylation sites (N-methyl/N-ethyl adjacent to an activating group) is 1. The number of hydrogen-bond acceptors (Lipinski definition) is 3. The Kier molecular flexibility index (Phi) is 6.33. The van der Waals surface area contributed by atoms with E-state index in [4.69, 9.17) is 0 Å². The van der Waals surface area contributed by atoms with Crippen LogP contribution in [-0.4, -0.2) is 27.9 Å². The van der Waals surface area contributed by atoms with Crippen molar-refractivity contribution in [2.45, 2.75) is 71.9 Å². The van der Waals surface area contributed by atoms with Gasteiger partial charge in [-0.05, 0) is 19.9 Å². The molecular formula is C14H28N4. The van der Waals surface area contributed by atoms with Crippen LogP contribution in [0.25, 0.3) is 0 Å². The van der Waals surface area contributed by atoms with E-state index in [0.29, 0.717) is 12.1 Å². The van der Waals surface area contributed by atoms with E-state index in [1.54, 1.807) is 0 Å². The predicted octanol–water partition coefficient (Wildman–Crippen LogP) is 2.74. The Morgan fingerprint density at radius 3 is 2.33 bits per heavy atom. The summed E-state index contributed by atoms with van der Waals surface area (Å²) >= 11 is 0. The van der Waals surface area contributed by atoms with Gasteiger partial charge < -0.3 is 5.32 Å². The second kappa shape index (κ2) is 7.52. The van der Waals surface area contributed by atoms with Crippen LogP contribution in [0.1, 0.15) is 64.6 Å². The van der Waals surface area contributed by atoms with Gasteiger partial charge in [0.2, 0.25) is 0 Å². The van der Waals surface area contributed by atoms with E-state index < -0.39 is 0 Å². The maximum absolute atomic E-state index is 4.69. The van der Waals surface area contributed by atoms with Crippen molar-refractivity contribution in [3.05, 3.63) is 11.6 Å². The molecule has 1 aromatic heterocycles. The van der Waals surface area contributed by atoms with Crippen LogP contribution in [-0.2, 0) is 12.8 Å². The van der Waals surface area contributed by atoms with Crippen molar-refractivity contribution in [1.82, 2.24) is 20.1 Å². The van der Waals surface area contributed by atoms with E-state index >= 15 is 0 Å². The lowest BCUT2D eigenvalue weighted by Gasteiger charge is -2.26. The van der Waals surface area contributed by atoms with E-state index in [1.165, 1.54) is 12.8 Å². The number of hydrogen-bond donors (Lipinski definition) is 1. The summed E-state index contributed by atoms with van der Waals surface area (Å²) in [7, 11) is 2.05. The predicted molar refractivity (Wildman–Crippen MR) is 75.9 cm³/mol. The zero-order valence-electron chi connectivity index (χ0n) is 12.5. The van der Waals surface area contributed by atoms with Gasteiger partial charge in [0.1, 0.15) is 5.82 Å². The molecule has 0 aliphatic rings. The van der Waals surface area contributed by atoms with Crippen molar-refractivity contribution >= 4 is 0 Å². The summed E-state index contributed by atoms with van der Waals surface area (Å²) in [4.78, 5) is 4.62. The standard InChI is InChI=1S/C14H28N4/c1-6-10-11(15-5)12(7-2)18-14(9-4)16-13(8-3)17-18/h11-12,15H,6-10H2,1-5H3. The highest BCUT2D eigenvalue weighted by Crippen LogP contribution is 2.21. The normalized spacial score (nSPS) is 14.7. The Labute approximate surface area is 111 Å². The third-order valence-electron chi connectivity index (χ3n) is 3.55. The van der Waals surface area contributed by atoms with Crippen LogP contribution in [0.4, 0.5) is 0 Å². The van der Waals surface area contributed by atoms with Crippen molar-refractivity contribution in [2.24, 2.45) is 0 Å². The summed E-state index contributed by atoms with van der Waals surface area (Å²) in [5.41, 5.74) is 0. The molecule has 1 rings (SSSR count). The minimum atomic E-state index is 0.415. The molecule has 0 aliphatic heterocycles. The highest BCUT2D eigenvalue weighted by atomic mass is 15.4. The maximum atomic E-state index is 4.69. The quantitative estimate of drug-likeness (QED) is 0.773. The first kappa shape index (κ1) is 15.2. The summed E-state index contributed by atoms with van der Waals surface area (Å²) in [5, 5.41) is 8.13. The summed E-state index contributed by atoms with van der Waals surface area (Å²) in [6.45, 7) is 8.73. The van der Waals surface area contributed by atoms with E-state index in [-0.39, 0.29) is 0 Å². The highest BCUT2D eigenvalue weighted by molar-refractivity contribution is 4.96. The van der Waals surface area contributed by atoms with Crippen LogP contribution in [0.5, 0.6) is 0 Å². The van der Waals surface area contributed by atoms with Crippen molar-refractivity contribution in [3.8, 4) is 0 Å². The topological polar surface area (TPSA) is 42.7 Å². The zero-order chi connectivity index (χ0) is 13.5. The molecule has 4 nitrogen and oxygen atoms in total.